The van der Waals surface area contributed by atoms with Gasteiger partial charge in [0.2, 0.25) is 5.91 Å². The Labute approximate surface area is 160 Å². The molecule has 0 saturated heterocycles. The van der Waals surface area contributed by atoms with Gasteiger partial charge in [-0.2, -0.15) is 0 Å². The van der Waals surface area contributed by atoms with Gasteiger partial charge in [0.1, 0.15) is 5.75 Å². The summed E-state index contributed by atoms with van der Waals surface area (Å²) in [6.07, 6.45) is 0. The molecule has 0 unspecified atom stereocenters. The van der Waals surface area contributed by atoms with E-state index in [1.165, 1.54) is 11.8 Å². The summed E-state index contributed by atoms with van der Waals surface area (Å²) in [4.78, 5) is 12.0. The monoisotopic (exact) mass is 397 g/mol. The van der Waals surface area contributed by atoms with Gasteiger partial charge in [0.15, 0.2) is 6.79 Å². The molecule has 1 aliphatic heterocycles. The third-order valence-corrected chi connectivity index (χ3v) is 5.10. The summed E-state index contributed by atoms with van der Waals surface area (Å²) in [6, 6.07) is 11.1. The van der Waals surface area contributed by atoms with Crippen LogP contribution in [0, 0.1) is 0 Å². The van der Waals surface area contributed by atoms with Crippen LogP contribution in [0.15, 0.2) is 36.4 Å². The smallest absolute Gasteiger partial charge is 0.230 e. The average Bonchev–Trinajstić information content (AvgIpc) is 2.61. The van der Waals surface area contributed by atoms with E-state index < -0.39 is 0 Å². The Balaban J connectivity index is 1.48. The van der Waals surface area contributed by atoms with Crippen LogP contribution in [-0.2, 0) is 28.4 Å². The van der Waals surface area contributed by atoms with Gasteiger partial charge < -0.3 is 14.8 Å². The minimum Gasteiger partial charge on any atom is -0.467 e. The topological polar surface area (TPSA) is 47.6 Å². The predicted molar refractivity (Wildman–Crippen MR) is 101 cm³/mol. The number of rotatable bonds is 6. The Bertz CT molecular complexity index is 753. The SMILES string of the molecule is O=C(CSCc1cc(Cl)cc2c1OCOC2)NCc1ccc(Cl)cc1. The molecule has 0 saturated carbocycles. The van der Waals surface area contributed by atoms with Gasteiger partial charge in [0.25, 0.3) is 0 Å². The van der Waals surface area contributed by atoms with Crippen LogP contribution in [0.2, 0.25) is 10.0 Å². The number of carbonyl (C=O) groups is 1. The van der Waals surface area contributed by atoms with E-state index >= 15 is 0 Å². The van der Waals surface area contributed by atoms with Crippen LogP contribution >= 0.6 is 35.0 Å². The molecule has 25 heavy (non-hydrogen) atoms. The minimum atomic E-state index is -0.0138. The molecule has 1 N–H and O–H groups in total. The summed E-state index contributed by atoms with van der Waals surface area (Å²) >= 11 is 13.5. The lowest BCUT2D eigenvalue weighted by molar-refractivity contribution is -0.118. The van der Waals surface area contributed by atoms with E-state index in [-0.39, 0.29) is 12.7 Å². The molecule has 2 aromatic rings. The van der Waals surface area contributed by atoms with Crippen LogP contribution in [0.3, 0.4) is 0 Å². The second kappa shape index (κ2) is 8.81. The molecule has 0 bridgehead atoms. The van der Waals surface area contributed by atoms with E-state index in [0.29, 0.717) is 34.7 Å². The number of benzene rings is 2. The van der Waals surface area contributed by atoms with E-state index in [1.807, 2.05) is 36.4 Å². The normalized spacial score (nSPS) is 13.0. The molecule has 4 nitrogen and oxygen atoms in total. The van der Waals surface area contributed by atoms with Crippen LogP contribution in [0.5, 0.6) is 5.75 Å². The maximum Gasteiger partial charge on any atom is 0.230 e. The number of ether oxygens (including phenoxy) is 2. The fourth-order valence-corrected chi connectivity index (χ4v) is 3.68. The van der Waals surface area contributed by atoms with Gasteiger partial charge in [0.05, 0.1) is 12.4 Å². The molecule has 1 heterocycles. The number of hydrogen-bond donors (Lipinski definition) is 1. The van der Waals surface area contributed by atoms with Crippen LogP contribution in [0.4, 0.5) is 0 Å². The van der Waals surface area contributed by atoms with E-state index in [0.717, 1.165) is 22.4 Å². The number of nitrogens with one attached hydrogen (secondary N) is 1. The highest BCUT2D eigenvalue weighted by Crippen LogP contribution is 2.33. The number of hydrogen-bond acceptors (Lipinski definition) is 4. The van der Waals surface area contributed by atoms with Gasteiger partial charge in [-0.05, 0) is 29.8 Å². The van der Waals surface area contributed by atoms with Gasteiger partial charge in [-0.25, -0.2) is 0 Å². The van der Waals surface area contributed by atoms with E-state index in [9.17, 15) is 4.79 Å². The Hall–Kier alpha value is -1.40. The molecular formula is C18H17Cl2NO3S. The Morgan fingerprint density at radius 1 is 1.16 bits per heavy atom. The first-order valence-corrected chi connectivity index (χ1v) is 9.63. The third kappa shape index (κ3) is 5.28. The molecule has 0 fully saturated rings. The zero-order valence-electron chi connectivity index (χ0n) is 13.4. The minimum absolute atomic E-state index is 0.0138. The highest BCUT2D eigenvalue weighted by molar-refractivity contribution is 7.99. The second-order valence-corrected chi connectivity index (χ2v) is 7.42. The number of amides is 1. The van der Waals surface area contributed by atoms with Crippen LogP contribution < -0.4 is 10.1 Å². The molecular weight excluding hydrogens is 381 g/mol. The molecule has 132 valence electrons. The molecule has 0 radical (unpaired) electrons. The standard InChI is InChI=1S/C18H17Cl2NO3S/c19-15-3-1-12(2-4-15)7-21-17(22)10-25-9-14-6-16(20)5-13-8-23-11-24-18(13)14/h1-6H,7-11H2,(H,21,22). The van der Waals surface area contributed by atoms with Crippen molar-refractivity contribution in [1.29, 1.82) is 0 Å². The molecule has 0 aliphatic carbocycles. The fraction of sp³-hybridized carbons (Fsp3) is 0.278. The quantitative estimate of drug-likeness (QED) is 0.783. The van der Waals surface area contributed by atoms with Crippen molar-refractivity contribution in [3.05, 3.63) is 63.1 Å². The molecule has 3 rings (SSSR count). The van der Waals surface area contributed by atoms with Crippen LogP contribution in [0.25, 0.3) is 0 Å². The highest BCUT2D eigenvalue weighted by atomic mass is 35.5. The van der Waals surface area contributed by atoms with Gasteiger partial charge in [0, 0.05) is 33.5 Å². The average molecular weight is 398 g/mol. The fourth-order valence-electron chi connectivity index (χ4n) is 2.47. The Kier molecular flexibility index (Phi) is 6.48. The summed E-state index contributed by atoms with van der Waals surface area (Å²) in [5.74, 6) is 1.83. The number of thioether (sulfide) groups is 1. The third-order valence-electron chi connectivity index (χ3n) is 3.65. The number of halogens is 2. The number of carbonyl (C=O) groups excluding carboxylic acids is 1. The zero-order valence-corrected chi connectivity index (χ0v) is 15.7. The van der Waals surface area contributed by atoms with Gasteiger partial charge >= 0.3 is 0 Å². The molecule has 1 amide bonds. The Morgan fingerprint density at radius 3 is 2.76 bits per heavy atom. The summed E-state index contributed by atoms with van der Waals surface area (Å²) < 4.78 is 10.8. The molecule has 0 spiro atoms. The van der Waals surface area contributed by atoms with Gasteiger partial charge in [-0.1, -0.05) is 35.3 Å². The van der Waals surface area contributed by atoms with Crippen LogP contribution in [-0.4, -0.2) is 18.5 Å². The summed E-state index contributed by atoms with van der Waals surface area (Å²) in [5.41, 5.74) is 2.95. The second-order valence-electron chi connectivity index (χ2n) is 5.56. The van der Waals surface area contributed by atoms with Crippen molar-refractivity contribution in [3.63, 3.8) is 0 Å². The molecule has 2 aromatic carbocycles. The molecule has 7 heteroatoms. The molecule has 1 aliphatic rings. The van der Waals surface area contributed by atoms with Crippen molar-refractivity contribution in [1.82, 2.24) is 5.32 Å². The zero-order chi connectivity index (χ0) is 17.6. The van der Waals surface area contributed by atoms with E-state index in [4.69, 9.17) is 32.7 Å². The lowest BCUT2D eigenvalue weighted by Crippen LogP contribution is -2.24. The lowest BCUT2D eigenvalue weighted by atomic mass is 10.1. The van der Waals surface area contributed by atoms with Crippen molar-refractivity contribution in [2.24, 2.45) is 0 Å². The van der Waals surface area contributed by atoms with Crippen molar-refractivity contribution >= 4 is 40.9 Å². The molecule has 0 atom stereocenters. The predicted octanol–water partition coefficient (Wildman–Crippen LogP) is 4.41. The number of fused-ring (bicyclic) bond motifs is 1. The van der Waals surface area contributed by atoms with E-state index in [2.05, 4.69) is 5.32 Å². The van der Waals surface area contributed by atoms with Crippen molar-refractivity contribution < 1.29 is 14.3 Å². The summed E-state index contributed by atoms with van der Waals surface area (Å²) in [6.45, 7) is 1.23. The molecule has 0 aromatic heterocycles. The summed E-state index contributed by atoms with van der Waals surface area (Å²) in [7, 11) is 0. The maximum atomic E-state index is 12.0. The summed E-state index contributed by atoms with van der Waals surface area (Å²) in [5, 5.41) is 4.23. The Morgan fingerprint density at radius 2 is 1.96 bits per heavy atom. The first-order valence-electron chi connectivity index (χ1n) is 7.72. The first kappa shape index (κ1) is 18.4. The lowest BCUT2D eigenvalue weighted by Gasteiger charge is -2.21. The van der Waals surface area contributed by atoms with Crippen molar-refractivity contribution in [2.75, 3.05) is 12.5 Å². The van der Waals surface area contributed by atoms with Crippen molar-refractivity contribution in [3.8, 4) is 5.75 Å². The largest absolute Gasteiger partial charge is 0.467 e. The van der Waals surface area contributed by atoms with Gasteiger partial charge in [-0.15, -0.1) is 11.8 Å². The van der Waals surface area contributed by atoms with Gasteiger partial charge in [-0.3, -0.25) is 4.79 Å². The van der Waals surface area contributed by atoms with Crippen molar-refractivity contribution in [2.45, 2.75) is 18.9 Å². The highest BCUT2D eigenvalue weighted by Gasteiger charge is 2.16. The van der Waals surface area contributed by atoms with E-state index in [1.54, 1.807) is 0 Å². The maximum absolute atomic E-state index is 12.0. The first-order chi connectivity index (χ1) is 12.1. The van der Waals surface area contributed by atoms with Crippen LogP contribution in [0.1, 0.15) is 16.7 Å².